The number of likely N-dealkylation sites (tertiary alicyclic amines) is 1. The van der Waals surface area contributed by atoms with E-state index >= 15 is 0 Å². The predicted octanol–water partition coefficient (Wildman–Crippen LogP) is 3.33. The second-order valence-corrected chi connectivity index (χ2v) is 11.6. The Labute approximate surface area is 242 Å². The summed E-state index contributed by atoms with van der Waals surface area (Å²) in [5.41, 5.74) is 2.81. The van der Waals surface area contributed by atoms with Crippen LogP contribution in [0.15, 0.2) is 41.8 Å². The van der Waals surface area contributed by atoms with Gasteiger partial charge < -0.3 is 20.3 Å². The second-order valence-electron chi connectivity index (χ2n) is 10.7. The molecule has 2 fully saturated rings. The third-order valence-corrected chi connectivity index (χ3v) is 9.22. The number of amides is 2. The summed E-state index contributed by atoms with van der Waals surface area (Å²) in [6.07, 6.45) is 3.24. The fraction of sp³-hybridized carbons (Fsp3) is 0.448. The standard InChI is InChI=1S/C29H34N8O3S/c1-17(30-2)27(38)32-25(18-11-14-40-15-12-18)29(39)37-13-5-8-24(37)28-31-23(16-41-28)21-9-10-22(26-33-35-36-34-26)20-7-4-3-6-19(20)21/h3-4,6-7,9-10,16-18,24-25,30H,5,8,11-15H2,1-2H3,(H,32,38)(H,33,34,35,36)/t17-,24?,25-/m0/s1. The summed E-state index contributed by atoms with van der Waals surface area (Å²) in [4.78, 5) is 34.0. The number of fused-ring (bicyclic) bond motifs is 1. The van der Waals surface area contributed by atoms with Crippen LogP contribution in [-0.2, 0) is 14.3 Å². The van der Waals surface area contributed by atoms with Gasteiger partial charge in [0, 0.05) is 36.3 Å². The first kappa shape index (κ1) is 27.4. The van der Waals surface area contributed by atoms with Crippen LogP contribution >= 0.6 is 11.3 Å². The molecule has 2 aliphatic heterocycles. The number of aromatic amines is 1. The molecule has 41 heavy (non-hydrogen) atoms. The first-order valence-electron chi connectivity index (χ1n) is 14.1. The van der Waals surface area contributed by atoms with E-state index in [1.165, 1.54) is 0 Å². The minimum absolute atomic E-state index is 0.0247. The van der Waals surface area contributed by atoms with Crippen LogP contribution in [0.5, 0.6) is 0 Å². The largest absolute Gasteiger partial charge is 0.381 e. The molecule has 12 heteroatoms. The number of likely N-dealkylation sites (N-methyl/N-ethyl adjacent to an activating group) is 1. The molecule has 2 aromatic carbocycles. The molecule has 0 aliphatic carbocycles. The molecule has 1 unspecified atom stereocenters. The SMILES string of the molecule is CN[C@@H](C)C(=O)N[C@H](C(=O)N1CCCC1c1nc(-c2ccc(-c3nnn[nH]3)c3ccccc23)cs1)C1CCOCC1. The lowest BCUT2D eigenvalue weighted by Crippen LogP contribution is -2.56. The Morgan fingerprint density at radius 3 is 2.59 bits per heavy atom. The summed E-state index contributed by atoms with van der Waals surface area (Å²) >= 11 is 1.58. The van der Waals surface area contributed by atoms with Crippen molar-refractivity contribution in [2.45, 2.75) is 50.7 Å². The quantitative estimate of drug-likeness (QED) is 0.291. The van der Waals surface area contributed by atoms with Crippen molar-refractivity contribution in [1.29, 1.82) is 0 Å². The summed E-state index contributed by atoms with van der Waals surface area (Å²) in [6.45, 7) is 3.66. The van der Waals surface area contributed by atoms with E-state index in [1.807, 2.05) is 23.1 Å². The minimum atomic E-state index is -0.579. The number of benzene rings is 2. The van der Waals surface area contributed by atoms with Crippen LogP contribution in [0, 0.1) is 5.92 Å². The Kier molecular flexibility index (Phi) is 8.04. The van der Waals surface area contributed by atoms with E-state index in [0.29, 0.717) is 25.6 Å². The molecule has 0 saturated carbocycles. The van der Waals surface area contributed by atoms with Gasteiger partial charge in [0.15, 0.2) is 5.82 Å². The first-order chi connectivity index (χ1) is 20.0. The van der Waals surface area contributed by atoms with Crippen molar-refractivity contribution in [1.82, 2.24) is 41.1 Å². The Bertz CT molecular complexity index is 1520. The van der Waals surface area contributed by atoms with Gasteiger partial charge in [0.1, 0.15) is 11.0 Å². The number of hydrogen-bond acceptors (Lipinski definition) is 9. The Hall–Kier alpha value is -3.74. The lowest BCUT2D eigenvalue weighted by Gasteiger charge is -2.35. The normalized spacial score (nSPS) is 19.4. The Morgan fingerprint density at radius 2 is 1.85 bits per heavy atom. The first-order valence-corrected chi connectivity index (χ1v) is 15.0. The number of tetrazole rings is 1. The fourth-order valence-corrected chi connectivity index (χ4v) is 6.84. The average Bonchev–Trinajstić information content (AvgIpc) is 3.81. The van der Waals surface area contributed by atoms with E-state index in [2.05, 4.69) is 54.8 Å². The van der Waals surface area contributed by atoms with Crippen molar-refractivity contribution in [3.63, 3.8) is 0 Å². The number of carbonyl (C=O) groups is 2. The van der Waals surface area contributed by atoms with Crippen molar-refractivity contribution < 1.29 is 14.3 Å². The van der Waals surface area contributed by atoms with Crippen molar-refractivity contribution in [3.8, 4) is 22.6 Å². The van der Waals surface area contributed by atoms with Crippen LogP contribution in [0.3, 0.4) is 0 Å². The number of carbonyl (C=O) groups excluding carboxylic acids is 2. The molecule has 2 aromatic heterocycles. The minimum Gasteiger partial charge on any atom is -0.381 e. The molecule has 0 bridgehead atoms. The fourth-order valence-electron chi connectivity index (χ4n) is 5.87. The molecule has 2 saturated heterocycles. The zero-order valence-corrected chi connectivity index (χ0v) is 24.0. The molecule has 0 radical (unpaired) electrons. The monoisotopic (exact) mass is 574 g/mol. The molecular weight excluding hydrogens is 540 g/mol. The van der Waals surface area contributed by atoms with Gasteiger partial charge >= 0.3 is 0 Å². The summed E-state index contributed by atoms with van der Waals surface area (Å²) in [6, 6.07) is 11.1. The van der Waals surface area contributed by atoms with Gasteiger partial charge in [-0.25, -0.2) is 10.1 Å². The zero-order valence-electron chi connectivity index (χ0n) is 23.2. The van der Waals surface area contributed by atoms with Crippen LogP contribution < -0.4 is 10.6 Å². The van der Waals surface area contributed by atoms with Gasteiger partial charge in [-0.2, -0.15) is 0 Å². The van der Waals surface area contributed by atoms with E-state index in [9.17, 15) is 9.59 Å². The number of rotatable bonds is 8. The molecule has 0 spiro atoms. The van der Waals surface area contributed by atoms with Crippen LogP contribution in [0.1, 0.15) is 43.7 Å². The number of hydrogen-bond donors (Lipinski definition) is 3. The highest BCUT2D eigenvalue weighted by Gasteiger charge is 2.40. The highest BCUT2D eigenvalue weighted by molar-refractivity contribution is 7.10. The predicted molar refractivity (Wildman–Crippen MR) is 156 cm³/mol. The van der Waals surface area contributed by atoms with Crippen molar-refractivity contribution in [2.75, 3.05) is 26.8 Å². The molecule has 2 aliphatic rings. The number of aromatic nitrogens is 5. The molecule has 4 aromatic rings. The average molecular weight is 575 g/mol. The van der Waals surface area contributed by atoms with Crippen LogP contribution in [0.25, 0.3) is 33.4 Å². The van der Waals surface area contributed by atoms with Crippen LogP contribution in [-0.4, -0.2) is 81.2 Å². The van der Waals surface area contributed by atoms with E-state index in [0.717, 1.165) is 58.3 Å². The maximum atomic E-state index is 14.1. The van der Waals surface area contributed by atoms with Crippen LogP contribution in [0.4, 0.5) is 0 Å². The third kappa shape index (κ3) is 5.46. The lowest BCUT2D eigenvalue weighted by atomic mass is 9.90. The van der Waals surface area contributed by atoms with Gasteiger partial charge in [-0.1, -0.05) is 30.3 Å². The summed E-state index contributed by atoms with van der Waals surface area (Å²) < 4.78 is 5.55. The highest BCUT2D eigenvalue weighted by atomic mass is 32.1. The van der Waals surface area contributed by atoms with Gasteiger partial charge in [-0.3, -0.25) is 9.59 Å². The maximum absolute atomic E-state index is 14.1. The number of thiazole rings is 1. The molecule has 6 rings (SSSR count). The maximum Gasteiger partial charge on any atom is 0.246 e. The molecule has 2 amide bonds. The topological polar surface area (TPSA) is 138 Å². The van der Waals surface area contributed by atoms with Crippen molar-refractivity contribution in [3.05, 3.63) is 46.8 Å². The van der Waals surface area contributed by atoms with Crippen molar-refractivity contribution >= 4 is 33.9 Å². The summed E-state index contributed by atoms with van der Waals surface area (Å²) in [5.74, 6) is 0.466. The molecular formula is C29H34N8O3S. The molecule has 3 atom stereocenters. The number of ether oxygens (including phenoxy) is 1. The van der Waals surface area contributed by atoms with E-state index in [-0.39, 0.29) is 29.8 Å². The molecule has 11 nitrogen and oxygen atoms in total. The van der Waals surface area contributed by atoms with Gasteiger partial charge in [-0.15, -0.1) is 16.4 Å². The number of nitrogens with one attached hydrogen (secondary N) is 3. The summed E-state index contributed by atoms with van der Waals surface area (Å²) in [5, 5.41) is 25.5. The van der Waals surface area contributed by atoms with Gasteiger partial charge in [0.05, 0.1) is 17.8 Å². The second kappa shape index (κ2) is 12.0. The zero-order chi connectivity index (χ0) is 28.3. The Balaban J connectivity index is 1.28. The van der Waals surface area contributed by atoms with Gasteiger partial charge in [-0.05, 0) is 72.8 Å². The van der Waals surface area contributed by atoms with Crippen LogP contribution in [0.2, 0.25) is 0 Å². The van der Waals surface area contributed by atoms with Gasteiger partial charge in [0.25, 0.3) is 0 Å². The van der Waals surface area contributed by atoms with Crippen molar-refractivity contribution in [2.24, 2.45) is 5.92 Å². The molecule has 214 valence electrons. The third-order valence-electron chi connectivity index (χ3n) is 8.27. The van der Waals surface area contributed by atoms with Gasteiger partial charge in [0.2, 0.25) is 11.8 Å². The Morgan fingerprint density at radius 1 is 1.10 bits per heavy atom. The number of nitrogens with zero attached hydrogens (tertiary/aromatic N) is 5. The summed E-state index contributed by atoms with van der Waals surface area (Å²) in [7, 11) is 1.74. The lowest BCUT2D eigenvalue weighted by molar-refractivity contribution is -0.140. The molecule has 3 N–H and O–H groups in total. The molecule has 4 heterocycles. The van der Waals surface area contributed by atoms with E-state index < -0.39 is 6.04 Å². The smallest absolute Gasteiger partial charge is 0.246 e. The number of H-pyrrole nitrogens is 1. The van der Waals surface area contributed by atoms with E-state index in [4.69, 9.17) is 9.72 Å². The highest BCUT2D eigenvalue weighted by Crippen LogP contribution is 2.39. The van der Waals surface area contributed by atoms with E-state index in [1.54, 1.807) is 25.3 Å².